The molecule has 0 bridgehead atoms. The molecule has 1 atom stereocenters. The molecule has 1 aromatic carbocycles. The molecule has 0 unspecified atom stereocenters. The van der Waals surface area contributed by atoms with Gasteiger partial charge in [0.1, 0.15) is 11.9 Å². The molecule has 0 aliphatic rings. The predicted molar refractivity (Wildman–Crippen MR) is 68.5 cm³/mol. The molecule has 0 aliphatic heterocycles. The van der Waals surface area contributed by atoms with Crippen LogP contribution in [0.2, 0.25) is 0 Å². The van der Waals surface area contributed by atoms with Crippen molar-refractivity contribution in [1.82, 2.24) is 5.32 Å². The smallest absolute Gasteiger partial charge is 0.322 e. The Hall–Kier alpha value is -1.42. The molecule has 0 saturated carbocycles. The molecule has 3 nitrogen and oxygen atoms in total. The lowest BCUT2D eigenvalue weighted by molar-refractivity contribution is -0.143. The van der Waals surface area contributed by atoms with E-state index in [4.69, 9.17) is 4.74 Å². The Morgan fingerprint density at radius 1 is 1.33 bits per heavy atom. The van der Waals surface area contributed by atoms with Gasteiger partial charge >= 0.3 is 5.97 Å². The number of rotatable bonds is 6. The fourth-order valence-electron chi connectivity index (χ4n) is 1.72. The summed E-state index contributed by atoms with van der Waals surface area (Å²) < 4.78 is 17.5. The van der Waals surface area contributed by atoms with Gasteiger partial charge in [0.15, 0.2) is 0 Å². The van der Waals surface area contributed by atoms with Gasteiger partial charge in [-0.1, -0.05) is 26.0 Å². The van der Waals surface area contributed by atoms with Crippen molar-refractivity contribution in [3.05, 3.63) is 35.6 Å². The summed E-state index contributed by atoms with van der Waals surface area (Å²) in [6.45, 7) is 4.62. The zero-order valence-corrected chi connectivity index (χ0v) is 11.1. The lowest BCUT2D eigenvalue weighted by Crippen LogP contribution is -2.38. The van der Waals surface area contributed by atoms with Gasteiger partial charge in [-0.2, -0.15) is 0 Å². The third kappa shape index (κ3) is 4.84. The first-order chi connectivity index (χ1) is 8.52. The number of carbonyl (C=O) groups is 1. The maximum atomic E-state index is 12.7. The van der Waals surface area contributed by atoms with Gasteiger partial charge in [0.2, 0.25) is 0 Å². The highest BCUT2D eigenvalue weighted by Crippen LogP contribution is 2.08. The van der Waals surface area contributed by atoms with Gasteiger partial charge in [0.25, 0.3) is 0 Å². The molecule has 100 valence electrons. The minimum absolute atomic E-state index is 0.259. The van der Waals surface area contributed by atoms with E-state index in [1.165, 1.54) is 19.2 Å². The van der Waals surface area contributed by atoms with E-state index in [-0.39, 0.29) is 17.8 Å². The van der Waals surface area contributed by atoms with Gasteiger partial charge in [0.05, 0.1) is 7.11 Å². The molecule has 1 N–H and O–H groups in total. The van der Waals surface area contributed by atoms with Crippen molar-refractivity contribution in [1.29, 1.82) is 0 Å². The summed E-state index contributed by atoms with van der Waals surface area (Å²) >= 11 is 0. The second-order valence-electron chi connectivity index (χ2n) is 4.71. The van der Waals surface area contributed by atoms with Gasteiger partial charge in [-0.3, -0.25) is 4.79 Å². The van der Waals surface area contributed by atoms with E-state index in [0.717, 1.165) is 5.56 Å². The van der Waals surface area contributed by atoms with Crippen molar-refractivity contribution in [3.8, 4) is 0 Å². The molecule has 1 aromatic rings. The summed E-state index contributed by atoms with van der Waals surface area (Å²) in [7, 11) is 1.38. The number of hydrogen-bond acceptors (Lipinski definition) is 3. The molecule has 0 saturated heterocycles. The van der Waals surface area contributed by atoms with E-state index in [2.05, 4.69) is 19.2 Å². The van der Waals surface area contributed by atoms with Gasteiger partial charge in [-0.05, 0) is 30.0 Å². The number of hydrogen-bond donors (Lipinski definition) is 1. The maximum absolute atomic E-state index is 12.7. The van der Waals surface area contributed by atoms with Crippen LogP contribution in [0.4, 0.5) is 4.39 Å². The SMILES string of the molecule is COC(=O)[C@@H](CC(C)C)NCc1ccc(F)cc1. The summed E-state index contributed by atoms with van der Waals surface area (Å²) in [5, 5.41) is 3.14. The standard InChI is InChI=1S/C14H20FNO2/c1-10(2)8-13(14(17)18-3)16-9-11-4-6-12(15)7-5-11/h4-7,10,13,16H,8-9H2,1-3H3/t13-/m1/s1. The molecule has 18 heavy (non-hydrogen) atoms. The number of ether oxygens (including phenoxy) is 1. The Balaban J connectivity index is 2.55. The summed E-state index contributed by atoms with van der Waals surface area (Å²) in [6, 6.07) is 5.90. The zero-order valence-electron chi connectivity index (χ0n) is 11.1. The number of benzene rings is 1. The average molecular weight is 253 g/mol. The first kappa shape index (κ1) is 14.6. The van der Waals surface area contributed by atoms with Crippen molar-refractivity contribution >= 4 is 5.97 Å². The lowest BCUT2D eigenvalue weighted by atomic mass is 10.0. The second-order valence-corrected chi connectivity index (χ2v) is 4.71. The van der Waals surface area contributed by atoms with Gasteiger partial charge in [0, 0.05) is 6.54 Å². The fraction of sp³-hybridized carbons (Fsp3) is 0.500. The second kappa shape index (κ2) is 7.11. The van der Waals surface area contributed by atoms with Crippen LogP contribution < -0.4 is 5.32 Å². The summed E-state index contributed by atoms with van der Waals surface area (Å²) in [4.78, 5) is 11.6. The zero-order chi connectivity index (χ0) is 13.5. The van der Waals surface area contributed by atoms with E-state index in [1.807, 2.05) is 0 Å². The van der Waals surface area contributed by atoms with Crippen LogP contribution in [0, 0.1) is 11.7 Å². The Kier molecular flexibility index (Phi) is 5.78. The summed E-state index contributed by atoms with van der Waals surface area (Å²) in [5.74, 6) is -0.119. The van der Waals surface area contributed by atoms with E-state index in [1.54, 1.807) is 12.1 Å². The van der Waals surface area contributed by atoms with Gasteiger partial charge in [-0.15, -0.1) is 0 Å². The highest BCUT2D eigenvalue weighted by Gasteiger charge is 2.19. The number of esters is 1. The normalized spacial score (nSPS) is 12.5. The van der Waals surface area contributed by atoms with Crippen molar-refractivity contribution in [3.63, 3.8) is 0 Å². The topological polar surface area (TPSA) is 38.3 Å². The quantitative estimate of drug-likeness (QED) is 0.792. The van der Waals surface area contributed by atoms with E-state index in [0.29, 0.717) is 18.9 Å². The number of nitrogens with one attached hydrogen (secondary N) is 1. The molecular formula is C14H20FNO2. The van der Waals surface area contributed by atoms with E-state index in [9.17, 15) is 9.18 Å². The Bertz CT molecular complexity index is 376. The Labute approximate surface area is 107 Å². The summed E-state index contributed by atoms with van der Waals surface area (Å²) in [6.07, 6.45) is 0.716. The van der Waals surface area contributed by atoms with Crippen LogP contribution in [-0.2, 0) is 16.1 Å². The number of carbonyl (C=O) groups excluding carboxylic acids is 1. The Morgan fingerprint density at radius 2 is 1.94 bits per heavy atom. The van der Waals surface area contributed by atoms with Crippen molar-refractivity contribution in [2.75, 3.05) is 7.11 Å². The molecule has 0 fully saturated rings. The van der Waals surface area contributed by atoms with E-state index < -0.39 is 0 Å². The Morgan fingerprint density at radius 3 is 2.44 bits per heavy atom. The van der Waals surface area contributed by atoms with Crippen LogP contribution in [0.5, 0.6) is 0 Å². The molecule has 4 heteroatoms. The fourth-order valence-corrected chi connectivity index (χ4v) is 1.72. The van der Waals surface area contributed by atoms with Crippen LogP contribution in [0.25, 0.3) is 0 Å². The van der Waals surface area contributed by atoms with Crippen LogP contribution in [0.1, 0.15) is 25.8 Å². The molecule has 0 amide bonds. The highest BCUT2D eigenvalue weighted by molar-refractivity contribution is 5.75. The third-order valence-corrected chi connectivity index (χ3v) is 2.66. The number of methoxy groups -OCH3 is 1. The van der Waals surface area contributed by atoms with Gasteiger partial charge < -0.3 is 10.1 Å². The molecule has 0 radical (unpaired) electrons. The third-order valence-electron chi connectivity index (χ3n) is 2.66. The molecule has 0 spiro atoms. The maximum Gasteiger partial charge on any atom is 0.322 e. The van der Waals surface area contributed by atoms with Crippen LogP contribution in [0.3, 0.4) is 0 Å². The molecule has 0 aromatic heterocycles. The first-order valence-corrected chi connectivity index (χ1v) is 6.08. The van der Waals surface area contributed by atoms with Crippen LogP contribution in [-0.4, -0.2) is 19.1 Å². The van der Waals surface area contributed by atoms with Crippen molar-refractivity contribution in [2.45, 2.75) is 32.9 Å². The molecule has 1 rings (SSSR count). The first-order valence-electron chi connectivity index (χ1n) is 6.08. The van der Waals surface area contributed by atoms with Crippen LogP contribution in [0.15, 0.2) is 24.3 Å². The summed E-state index contributed by atoms with van der Waals surface area (Å²) in [5.41, 5.74) is 0.939. The highest BCUT2D eigenvalue weighted by atomic mass is 19.1. The largest absolute Gasteiger partial charge is 0.468 e. The average Bonchev–Trinajstić information content (AvgIpc) is 2.35. The number of halogens is 1. The van der Waals surface area contributed by atoms with Gasteiger partial charge in [-0.25, -0.2) is 4.39 Å². The molecule has 0 aliphatic carbocycles. The van der Waals surface area contributed by atoms with Crippen molar-refractivity contribution in [2.24, 2.45) is 5.92 Å². The molecule has 0 heterocycles. The predicted octanol–water partition coefficient (Wildman–Crippen LogP) is 2.50. The minimum atomic E-state index is -0.319. The monoisotopic (exact) mass is 253 g/mol. The molecular weight excluding hydrogens is 233 g/mol. The van der Waals surface area contributed by atoms with E-state index >= 15 is 0 Å². The lowest BCUT2D eigenvalue weighted by Gasteiger charge is -2.18. The van der Waals surface area contributed by atoms with Crippen LogP contribution >= 0.6 is 0 Å². The van der Waals surface area contributed by atoms with Crippen molar-refractivity contribution < 1.29 is 13.9 Å². The minimum Gasteiger partial charge on any atom is -0.468 e.